The molecular formula is C41H34NSi+. The smallest absolute Gasteiger partial charge is 0.200 e. The summed E-state index contributed by atoms with van der Waals surface area (Å²) < 4.78 is 2.27. The first-order chi connectivity index (χ1) is 21.2. The zero-order chi connectivity index (χ0) is 29.2. The first-order valence-corrected chi connectivity index (χ1v) is 16.9. The molecule has 0 amide bonds. The molecule has 206 valence electrons. The molecule has 1 aromatic heterocycles. The van der Waals surface area contributed by atoms with Gasteiger partial charge in [0.25, 0.3) is 0 Å². The van der Waals surface area contributed by atoms with Gasteiger partial charge in [-0.25, -0.2) is 4.57 Å². The van der Waals surface area contributed by atoms with Crippen LogP contribution in [0.3, 0.4) is 0 Å². The fraction of sp³-hybridized carbons (Fsp3) is 0.0488. The van der Waals surface area contributed by atoms with Crippen molar-refractivity contribution in [3.05, 3.63) is 176 Å². The number of nitrogens with zero attached hydrogens (tertiary/aromatic N) is 1. The molecule has 7 aromatic rings. The van der Waals surface area contributed by atoms with Crippen molar-refractivity contribution in [2.75, 3.05) is 0 Å². The molecule has 0 unspecified atom stereocenters. The van der Waals surface area contributed by atoms with Crippen LogP contribution in [0.1, 0.15) is 5.56 Å². The van der Waals surface area contributed by atoms with E-state index >= 15 is 0 Å². The maximum absolute atomic E-state index is 2.59. The lowest BCUT2D eigenvalue weighted by molar-refractivity contribution is -0.659. The van der Waals surface area contributed by atoms with E-state index in [0.29, 0.717) is 0 Å². The lowest BCUT2D eigenvalue weighted by Crippen LogP contribution is -2.74. The zero-order valence-electron chi connectivity index (χ0n) is 24.6. The normalized spacial score (nSPS) is 11.5. The maximum Gasteiger partial charge on any atom is 0.220 e. The number of benzene rings is 6. The van der Waals surface area contributed by atoms with Crippen LogP contribution in [0.4, 0.5) is 0 Å². The molecule has 1 heterocycles. The first-order valence-electron chi connectivity index (χ1n) is 14.9. The fourth-order valence-electron chi connectivity index (χ4n) is 6.75. The minimum Gasteiger partial charge on any atom is -0.200 e. The second-order valence-electron chi connectivity index (χ2n) is 11.3. The van der Waals surface area contributed by atoms with Gasteiger partial charge >= 0.3 is 0 Å². The van der Waals surface area contributed by atoms with Crippen LogP contribution >= 0.6 is 0 Å². The fourth-order valence-corrected chi connectivity index (χ4v) is 11.5. The Morgan fingerprint density at radius 3 is 1.53 bits per heavy atom. The zero-order valence-corrected chi connectivity index (χ0v) is 25.6. The van der Waals surface area contributed by atoms with Gasteiger partial charge in [0.2, 0.25) is 5.69 Å². The van der Waals surface area contributed by atoms with E-state index < -0.39 is 8.07 Å². The van der Waals surface area contributed by atoms with Crippen molar-refractivity contribution in [3.63, 3.8) is 0 Å². The van der Waals surface area contributed by atoms with Gasteiger partial charge in [0, 0.05) is 11.6 Å². The number of rotatable bonds is 6. The standard InChI is InChI=1S/C41H34NSi/c1-31-29-33(32-15-7-3-8-16-32)23-25-39(31)41-40-26-24-38(30-34(40)27-28-42(41)2)43(35-17-9-4-10-18-35,36-19-11-5-12-20-36)37-21-13-6-14-22-37/h3-30H,1-2H3/q+1. The summed E-state index contributed by atoms with van der Waals surface area (Å²) in [5.41, 5.74) is 6.27. The third kappa shape index (κ3) is 4.70. The predicted molar refractivity (Wildman–Crippen MR) is 184 cm³/mol. The molecule has 2 heteroatoms. The highest BCUT2D eigenvalue weighted by molar-refractivity contribution is 7.20. The van der Waals surface area contributed by atoms with Crippen molar-refractivity contribution >= 4 is 39.6 Å². The molecule has 0 aliphatic carbocycles. The summed E-state index contributed by atoms with van der Waals surface area (Å²) in [6.07, 6.45) is 2.21. The number of aryl methyl sites for hydroxylation is 2. The van der Waals surface area contributed by atoms with Gasteiger partial charge in [0.1, 0.15) is 7.05 Å². The van der Waals surface area contributed by atoms with Gasteiger partial charge in [0.05, 0.1) is 5.39 Å². The molecule has 0 bridgehead atoms. The second kappa shape index (κ2) is 11.3. The summed E-state index contributed by atoms with van der Waals surface area (Å²) >= 11 is 0. The largest absolute Gasteiger partial charge is 0.220 e. The molecule has 0 aliphatic rings. The van der Waals surface area contributed by atoms with Crippen LogP contribution in [0.25, 0.3) is 33.2 Å². The topological polar surface area (TPSA) is 3.88 Å². The average molecular weight is 569 g/mol. The van der Waals surface area contributed by atoms with Gasteiger partial charge in [-0.3, -0.25) is 0 Å². The van der Waals surface area contributed by atoms with Crippen LogP contribution < -0.4 is 25.3 Å². The molecule has 0 saturated carbocycles. The van der Waals surface area contributed by atoms with E-state index in [9.17, 15) is 0 Å². The molecule has 0 atom stereocenters. The second-order valence-corrected chi connectivity index (χ2v) is 15.1. The minimum absolute atomic E-state index is 1.24. The summed E-state index contributed by atoms with van der Waals surface area (Å²) in [6.45, 7) is 2.23. The molecule has 43 heavy (non-hydrogen) atoms. The molecular weight excluding hydrogens is 535 g/mol. The van der Waals surface area contributed by atoms with Crippen molar-refractivity contribution < 1.29 is 4.57 Å². The summed E-state index contributed by atoms with van der Waals surface area (Å²) in [7, 11) is -0.433. The summed E-state index contributed by atoms with van der Waals surface area (Å²) in [5.74, 6) is 0. The van der Waals surface area contributed by atoms with Gasteiger partial charge in [-0.05, 0) is 61.9 Å². The number of fused-ring (bicyclic) bond motifs is 1. The Kier molecular flexibility index (Phi) is 7.06. The first kappa shape index (κ1) is 26.8. The van der Waals surface area contributed by atoms with Gasteiger partial charge in [-0.15, -0.1) is 0 Å². The Labute approximate surface area is 255 Å². The third-order valence-electron chi connectivity index (χ3n) is 8.78. The Balaban J connectivity index is 1.46. The lowest BCUT2D eigenvalue weighted by Gasteiger charge is -2.34. The molecule has 0 aliphatic heterocycles. The van der Waals surface area contributed by atoms with Gasteiger partial charge in [0.15, 0.2) is 14.3 Å². The molecule has 0 radical (unpaired) electrons. The molecule has 1 nitrogen and oxygen atoms in total. The highest BCUT2D eigenvalue weighted by atomic mass is 28.3. The molecule has 0 fully saturated rings. The number of pyridine rings is 1. The van der Waals surface area contributed by atoms with E-state index in [0.717, 1.165) is 0 Å². The van der Waals surface area contributed by atoms with Gasteiger partial charge in [-0.1, -0.05) is 146 Å². The molecule has 0 saturated heterocycles. The summed E-state index contributed by atoms with van der Waals surface area (Å²) in [5, 5.41) is 8.08. The van der Waals surface area contributed by atoms with Crippen LogP contribution in [-0.2, 0) is 7.05 Å². The molecule has 7 rings (SSSR count). The van der Waals surface area contributed by atoms with Crippen molar-refractivity contribution in [1.82, 2.24) is 0 Å². The average Bonchev–Trinajstić information content (AvgIpc) is 3.07. The van der Waals surface area contributed by atoms with E-state index in [2.05, 4.69) is 189 Å². The number of hydrogen-bond acceptors (Lipinski definition) is 0. The van der Waals surface area contributed by atoms with E-state index in [1.807, 2.05) is 0 Å². The van der Waals surface area contributed by atoms with E-state index in [4.69, 9.17) is 0 Å². The van der Waals surface area contributed by atoms with Crippen LogP contribution in [0, 0.1) is 6.92 Å². The van der Waals surface area contributed by atoms with E-state index in [1.165, 1.54) is 59.5 Å². The highest BCUT2D eigenvalue weighted by Gasteiger charge is 2.41. The monoisotopic (exact) mass is 568 g/mol. The van der Waals surface area contributed by atoms with Gasteiger partial charge < -0.3 is 0 Å². The Hall–Kier alpha value is -5.05. The Bertz CT molecular complexity index is 1920. The third-order valence-corrected chi connectivity index (χ3v) is 13.6. The van der Waals surface area contributed by atoms with Crippen LogP contribution in [-0.4, -0.2) is 8.07 Å². The van der Waals surface area contributed by atoms with Crippen LogP contribution in [0.15, 0.2) is 170 Å². The minimum atomic E-state index is -2.59. The lowest BCUT2D eigenvalue weighted by atomic mass is 9.95. The number of aromatic nitrogens is 1. The highest BCUT2D eigenvalue weighted by Crippen LogP contribution is 2.31. The van der Waals surface area contributed by atoms with E-state index in [1.54, 1.807) is 0 Å². The van der Waals surface area contributed by atoms with Crippen LogP contribution in [0.5, 0.6) is 0 Å². The van der Waals surface area contributed by atoms with E-state index in [-0.39, 0.29) is 0 Å². The van der Waals surface area contributed by atoms with Crippen molar-refractivity contribution in [3.8, 4) is 22.4 Å². The Morgan fingerprint density at radius 2 is 1.00 bits per heavy atom. The Morgan fingerprint density at radius 1 is 0.465 bits per heavy atom. The summed E-state index contributed by atoms with van der Waals surface area (Å²) in [6, 6.07) is 60.4. The predicted octanol–water partition coefficient (Wildman–Crippen LogP) is 6.68. The number of hydrogen-bond donors (Lipinski definition) is 0. The molecule has 0 spiro atoms. The molecule has 6 aromatic carbocycles. The van der Waals surface area contributed by atoms with Crippen molar-refractivity contribution in [1.29, 1.82) is 0 Å². The quantitative estimate of drug-likeness (QED) is 0.120. The van der Waals surface area contributed by atoms with Crippen molar-refractivity contribution in [2.45, 2.75) is 6.92 Å². The van der Waals surface area contributed by atoms with Crippen LogP contribution in [0.2, 0.25) is 0 Å². The van der Waals surface area contributed by atoms with Gasteiger partial charge in [-0.2, -0.15) is 0 Å². The maximum atomic E-state index is 2.46. The van der Waals surface area contributed by atoms with Crippen molar-refractivity contribution in [2.24, 2.45) is 7.05 Å². The summed E-state index contributed by atoms with van der Waals surface area (Å²) in [4.78, 5) is 0. The molecule has 0 N–H and O–H groups in total. The SMILES string of the molecule is Cc1cc(-c2ccccc2)ccc1-c1c2ccc([Si](c3ccccc3)(c3ccccc3)c3ccccc3)cc2cc[n+]1C.